The summed E-state index contributed by atoms with van der Waals surface area (Å²) in [6.45, 7) is 12.5. The van der Waals surface area contributed by atoms with Crippen LogP contribution >= 0.6 is 0 Å². The number of ether oxygens (including phenoxy) is 1. The number of rotatable bonds is 3. The van der Waals surface area contributed by atoms with Gasteiger partial charge in [0, 0.05) is 0 Å². The molecule has 0 saturated carbocycles. The molecule has 0 aliphatic heterocycles. The summed E-state index contributed by atoms with van der Waals surface area (Å²) >= 11 is 0. The van der Waals surface area contributed by atoms with Gasteiger partial charge >= 0.3 is 0 Å². The molecule has 0 saturated heterocycles. The summed E-state index contributed by atoms with van der Waals surface area (Å²) in [4.78, 5) is 0. The Kier molecular flexibility index (Phi) is 20.4. The predicted molar refractivity (Wildman–Crippen MR) is 61.7 cm³/mol. The lowest BCUT2D eigenvalue weighted by atomic mass is 10.4. The normalized spacial score (nSPS) is 9.53. The van der Waals surface area contributed by atoms with Crippen molar-refractivity contribution in [3.8, 4) is 0 Å². The molecule has 0 atom stereocenters. The number of allylic oxidation sites excluding steroid dienone is 2. The highest BCUT2D eigenvalue weighted by Gasteiger charge is 1.90. The molecule has 0 aliphatic carbocycles. The highest BCUT2D eigenvalue weighted by Crippen LogP contribution is 2.00. The van der Waals surface area contributed by atoms with Crippen molar-refractivity contribution in [2.45, 2.75) is 41.0 Å². The van der Waals surface area contributed by atoms with Crippen LogP contribution in [-0.4, -0.2) is 13.0 Å². The Bertz CT molecular complexity index is 165. The zero-order chi connectivity index (χ0) is 12.9. The van der Waals surface area contributed by atoms with E-state index in [-0.39, 0.29) is 0 Å². The first kappa shape index (κ1) is 19.6. The van der Waals surface area contributed by atoms with E-state index in [2.05, 4.69) is 6.58 Å². The quantitative estimate of drug-likeness (QED) is 0.740. The topological polar surface area (TPSA) is 35.2 Å². The molecule has 0 spiro atoms. The van der Waals surface area contributed by atoms with Crippen LogP contribution in [0.3, 0.4) is 0 Å². The summed E-state index contributed by atoms with van der Waals surface area (Å²) in [5.41, 5.74) is 5.30. The van der Waals surface area contributed by atoms with Crippen LogP contribution in [0.1, 0.15) is 34.6 Å². The maximum Gasteiger partial charge on any atom is 0.235 e. The Morgan fingerprint density at radius 2 is 1.80 bits per heavy atom. The average molecular weight is 223 g/mol. The van der Waals surface area contributed by atoms with Crippen LogP contribution in [0.4, 0.5) is 8.78 Å². The van der Waals surface area contributed by atoms with E-state index in [0.717, 1.165) is 12.7 Å². The lowest BCUT2D eigenvalue weighted by Gasteiger charge is -2.04. The summed E-state index contributed by atoms with van der Waals surface area (Å²) in [5, 5.41) is 0. The Labute approximate surface area is 91.8 Å². The number of alkyl halides is 2. The van der Waals surface area contributed by atoms with Gasteiger partial charge in [0.1, 0.15) is 5.76 Å². The Balaban J connectivity index is -0.000000202. The summed E-state index contributed by atoms with van der Waals surface area (Å²) in [7, 11) is 0. The molecule has 0 amide bonds. The molecule has 0 aromatic heterocycles. The van der Waals surface area contributed by atoms with E-state index in [1.807, 2.05) is 26.8 Å². The van der Waals surface area contributed by atoms with Gasteiger partial charge < -0.3 is 10.5 Å². The van der Waals surface area contributed by atoms with Crippen molar-refractivity contribution in [2.75, 3.05) is 6.54 Å². The summed E-state index contributed by atoms with van der Waals surface area (Å²) in [5.74, 6) is 1.44. The van der Waals surface area contributed by atoms with Gasteiger partial charge in [0.05, 0.1) is 12.3 Å². The second kappa shape index (κ2) is 15.6. The smallest absolute Gasteiger partial charge is 0.235 e. The van der Waals surface area contributed by atoms with E-state index >= 15 is 0 Å². The zero-order valence-corrected chi connectivity index (χ0v) is 10.3. The zero-order valence-electron chi connectivity index (χ0n) is 10.3. The third-order valence-corrected chi connectivity index (χ3v) is 0.828. The van der Waals surface area contributed by atoms with E-state index in [0.29, 0.717) is 12.3 Å². The minimum absolute atomic E-state index is 0.434. The monoisotopic (exact) mass is 223 g/mol. The molecule has 0 aliphatic rings. The summed E-state index contributed by atoms with van der Waals surface area (Å²) in [6.07, 6.45) is -0.339. The highest BCUT2D eigenvalue weighted by atomic mass is 19.3. The van der Waals surface area contributed by atoms with Gasteiger partial charge in [0.25, 0.3) is 0 Å². The van der Waals surface area contributed by atoms with Crippen molar-refractivity contribution in [3.05, 3.63) is 24.2 Å². The third-order valence-electron chi connectivity index (χ3n) is 0.828. The number of hydrogen-bond donors (Lipinski definition) is 1. The van der Waals surface area contributed by atoms with Crippen molar-refractivity contribution < 1.29 is 13.5 Å². The Morgan fingerprint density at radius 1 is 1.47 bits per heavy atom. The highest BCUT2D eigenvalue weighted by molar-refractivity contribution is 4.96. The van der Waals surface area contributed by atoms with Gasteiger partial charge in [-0.05, 0) is 26.8 Å². The molecule has 0 fully saturated rings. The van der Waals surface area contributed by atoms with E-state index < -0.39 is 6.43 Å². The lowest BCUT2D eigenvalue weighted by Crippen LogP contribution is -2.04. The molecular formula is C11H23F2NO. The van der Waals surface area contributed by atoms with Crippen LogP contribution in [0.15, 0.2) is 24.2 Å². The second-order valence-electron chi connectivity index (χ2n) is 2.28. The van der Waals surface area contributed by atoms with Crippen LogP contribution in [0.2, 0.25) is 0 Å². The van der Waals surface area contributed by atoms with E-state index in [1.54, 1.807) is 6.92 Å². The first-order chi connectivity index (χ1) is 6.93. The van der Waals surface area contributed by atoms with Crippen molar-refractivity contribution >= 4 is 0 Å². The standard InChI is InChI=1S/C7H13NO.C2H4F2.C2H6/c1-4-7(5-8)9-6(2)3;1-2(3)4;1-2/h4H,2,5,8H2,1,3H3;2H,1H3;1-2H3/b7-4-;;. The molecule has 0 bridgehead atoms. The molecule has 4 heteroatoms. The molecule has 2 N–H and O–H groups in total. The maximum absolute atomic E-state index is 10.3. The largest absolute Gasteiger partial charge is 0.466 e. The van der Waals surface area contributed by atoms with Gasteiger partial charge in [-0.15, -0.1) is 0 Å². The first-order valence-electron chi connectivity index (χ1n) is 4.90. The van der Waals surface area contributed by atoms with Crippen molar-refractivity contribution in [1.29, 1.82) is 0 Å². The molecule has 0 unspecified atom stereocenters. The Morgan fingerprint density at radius 3 is 1.87 bits per heavy atom. The summed E-state index contributed by atoms with van der Waals surface area (Å²) < 4.78 is 25.8. The number of halogens is 2. The van der Waals surface area contributed by atoms with Gasteiger partial charge in [-0.3, -0.25) is 0 Å². The van der Waals surface area contributed by atoms with E-state index in [4.69, 9.17) is 10.5 Å². The van der Waals surface area contributed by atoms with Crippen LogP contribution < -0.4 is 5.73 Å². The van der Waals surface area contributed by atoms with Gasteiger partial charge in [0.15, 0.2) is 0 Å². The number of hydrogen-bond acceptors (Lipinski definition) is 2. The van der Waals surface area contributed by atoms with E-state index in [1.165, 1.54) is 0 Å². The fourth-order valence-electron chi connectivity index (χ4n) is 0.442. The SMILES string of the molecule is C=C(C)O/C(=C\C)CN.CC.CC(F)F. The third kappa shape index (κ3) is 32.0. The minimum Gasteiger partial charge on any atom is -0.466 e. The average Bonchev–Trinajstić information content (AvgIpc) is 2.16. The van der Waals surface area contributed by atoms with Crippen LogP contribution in [-0.2, 0) is 4.74 Å². The van der Waals surface area contributed by atoms with Crippen molar-refractivity contribution in [2.24, 2.45) is 5.73 Å². The molecule has 0 rings (SSSR count). The molecular weight excluding hydrogens is 200 g/mol. The maximum atomic E-state index is 10.3. The van der Waals surface area contributed by atoms with Crippen LogP contribution in [0.5, 0.6) is 0 Å². The molecule has 0 aromatic rings. The Hall–Kier alpha value is -0.900. The first-order valence-corrected chi connectivity index (χ1v) is 4.90. The molecule has 15 heavy (non-hydrogen) atoms. The molecule has 0 aromatic carbocycles. The van der Waals surface area contributed by atoms with Crippen LogP contribution in [0, 0.1) is 0 Å². The van der Waals surface area contributed by atoms with Gasteiger partial charge in [-0.2, -0.15) is 0 Å². The van der Waals surface area contributed by atoms with Crippen molar-refractivity contribution in [3.63, 3.8) is 0 Å². The minimum atomic E-state index is -2.17. The molecule has 0 radical (unpaired) electrons. The van der Waals surface area contributed by atoms with E-state index in [9.17, 15) is 8.78 Å². The van der Waals surface area contributed by atoms with Crippen LogP contribution in [0.25, 0.3) is 0 Å². The molecule has 2 nitrogen and oxygen atoms in total. The van der Waals surface area contributed by atoms with Gasteiger partial charge in [0.2, 0.25) is 6.43 Å². The van der Waals surface area contributed by atoms with Gasteiger partial charge in [-0.25, -0.2) is 8.78 Å². The van der Waals surface area contributed by atoms with Gasteiger partial charge in [-0.1, -0.05) is 20.4 Å². The fourth-order valence-corrected chi connectivity index (χ4v) is 0.442. The second-order valence-corrected chi connectivity index (χ2v) is 2.28. The molecule has 0 heterocycles. The molecule has 92 valence electrons. The fraction of sp³-hybridized carbons (Fsp3) is 0.636. The number of nitrogens with two attached hydrogens (primary N) is 1. The lowest BCUT2D eigenvalue weighted by molar-refractivity contribution is 0.171. The predicted octanol–water partition coefficient (Wildman–Crippen LogP) is 3.70. The van der Waals surface area contributed by atoms with Crippen molar-refractivity contribution in [1.82, 2.24) is 0 Å². The summed E-state index contributed by atoms with van der Waals surface area (Å²) in [6, 6.07) is 0.